The molecule has 0 amide bonds. The summed E-state index contributed by atoms with van der Waals surface area (Å²) < 4.78 is 2.68. The van der Waals surface area contributed by atoms with Crippen molar-refractivity contribution in [1.82, 2.24) is 0 Å². The van der Waals surface area contributed by atoms with Crippen LogP contribution in [0.25, 0.3) is 97.0 Å². The van der Waals surface area contributed by atoms with Crippen LogP contribution in [0.4, 0.5) is 0 Å². The molecule has 0 saturated heterocycles. The predicted molar refractivity (Wildman–Crippen MR) is 226 cm³/mol. The fourth-order valence-corrected chi connectivity index (χ4v) is 10.6. The van der Waals surface area contributed by atoms with Crippen LogP contribution in [0.2, 0.25) is 0 Å². The zero-order valence-electron chi connectivity index (χ0n) is 29.1. The van der Waals surface area contributed by atoms with E-state index in [1.54, 1.807) is 0 Å². The molecule has 10 aromatic rings. The van der Waals surface area contributed by atoms with Gasteiger partial charge < -0.3 is 0 Å². The third-order valence-corrected chi connectivity index (χ3v) is 12.9. The fraction of sp³-hybridized carbons (Fsp3) is 0.0588. The number of hydrogen-bond donors (Lipinski definition) is 0. The Morgan fingerprint density at radius 3 is 1.63 bits per heavy atom. The summed E-state index contributed by atoms with van der Waals surface area (Å²) in [6.07, 6.45) is 0. The number of hydrogen-bond acceptors (Lipinski definition) is 1. The molecule has 0 spiro atoms. The second-order valence-electron chi connectivity index (χ2n) is 14.8. The molecule has 0 aliphatic heterocycles. The lowest BCUT2D eigenvalue weighted by molar-refractivity contribution is 0.662. The third kappa shape index (κ3) is 4.09. The van der Waals surface area contributed by atoms with Gasteiger partial charge in [-0.3, -0.25) is 0 Å². The van der Waals surface area contributed by atoms with Gasteiger partial charge in [-0.15, -0.1) is 11.3 Å². The highest BCUT2D eigenvalue weighted by atomic mass is 32.1. The van der Waals surface area contributed by atoms with E-state index in [9.17, 15) is 0 Å². The van der Waals surface area contributed by atoms with Gasteiger partial charge in [0.05, 0.1) is 0 Å². The molecule has 1 heterocycles. The highest BCUT2D eigenvalue weighted by Gasteiger charge is 2.38. The SMILES string of the molecule is CC1(C)c2ccc3ccccc3c2-c2cccc(-c3ccc(-c4c5ccccc5c(-c5cccc6c5sc5ccccc56)c5ccccc45)cc3)c21. The van der Waals surface area contributed by atoms with E-state index in [-0.39, 0.29) is 5.41 Å². The van der Waals surface area contributed by atoms with Gasteiger partial charge >= 0.3 is 0 Å². The van der Waals surface area contributed by atoms with Gasteiger partial charge in [0, 0.05) is 31.2 Å². The van der Waals surface area contributed by atoms with Gasteiger partial charge in [0.15, 0.2) is 0 Å². The van der Waals surface area contributed by atoms with Crippen LogP contribution in [0.15, 0.2) is 170 Å². The summed E-state index contributed by atoms with van der Waals surface area (Å²) in [5.41, 5.74) is 13.2. The monoisotopic (exact) mass is 678 g/mol. The average molecular weight is 679 g/mol. The highest BCUT2D eigenvalue weighted by Crippen LogP contribution is 2.54. The van der Waals surface area contributed by atoms with Crippen molar-refractivity contribution in [3.8, 4) is 44.5 Å². The Bertz CT molecular complexity index is 3030. The molecule has 0 nitrogen and oxygen atoms in total. The predicted octanol–water partition coefficient (Wildman–Crippen LogP) is 14.8. The van der Waals surface area contributed by atoms with Gasteiger partial charge in [-0.05, 0) is 88.5 Å². The Balaban J connectivity index is 1.10. The minimum absolute atomic E-state index is 0.108. The summed E-state index contributed by atoms with van der Waals surface area (Å²) >= 11 is 1.90. The highest BCUT2D eigenvalue weighted by molar-refractivity contribution is 7.26. The van der Waals surface area contributed by atoms with Crippen LogP contribution in [0.3, 0.4) is 0 Å². The van der Waals surface area contributed by atoms with Gasteiger partial charge in [-0.1, -0.05) is 178 Å². The van der Waals surface area contributed by atoms with E-state index in [1.165, 1.54) is 108 Å². The van der Waals surface area contributed by atoms with E-state index in [4.69, 9.17) is 0 Å². The molecule has 1 heteroatoms. The molecule has 1 aliphatic carbocycles. The van der Waals surface area contributed by atoms with Gasteiger partial charge in [0.1, 0.15) is 0 Å². The molecule has 9 aromatic carbocycles. The number of rotatable bonds is 3. The van der Waals surface area contributed by atoms with Crippen molar-refractivity contribution in [3.05, 3.63) is 181 Å². The summed E-state index contributed by atoms with van der Waals surface area (Å²) in [7, 11) is 0. The first-order valence-corrected chi connectivity index (χ1v) is 19.0. The van der Waals surface area contributed by atoms with Crippen molar-refractivity contribution in [1.29, 1.82) is 0 Å². The van der Waals surface area contributed by atoms with Crippen LogP contribution in [0, 0.1) is 0 Å². The number of benzene rings is 9. The summed E-state index contributed by atoms with van der Waals surface area (Å²) in [4.78, 5) is 0. The zero-order chi connectivity index (χ0) is 34.6. The van der Waals surface area contributed by atoms with E-state index in [0.29, 0.717) is 0 Å². The second-order valence-corrected chi connectivity index (χ2v) is 15.8. The van der Waals surface area contributed by atoms with Gasteiger partial charge in [0.2, 0.25) is 0 Å². The molecule has 1 aliphatic rings. The molecule has 0 bridgehead atoms. The van der Waals surface area contributed by atoms with Crippen molar-refractivity contribution in [3.63, 3.8) is 0 Å². The lowest BCUT2D eigenvalue weighted by Gasteiger charge is -2.25. The fourth-order valence-electron chi connectivity index (χ4n) is 9.38. The first-order valence-electron chi connectivity index (χ1n) is 18.2. The summed E-state index contributed by atoms with van der Waals surface area (Å²) in [6, 6.07) is 63.4. The standard InChI is InChI=1S/C51H34S/c1-51(2)44-30-29-31-13-3-4-14-34(31)48(44)42-22-11-20-35(49(42)51)32-25-27-33(28-26-32)46-37-16-5-7-18-39(37)47(40-19-8-6-17-38(40)46)43-23-12-21-41-36-15-9-10-24-45(36)52-50(41)43/h3-30H,1-2H3. The van der Waals surface area contributed by atoms with Gasteiger partial charge in [-0.25, -0.2) is 0 Å². The molecule has 0 fully saturated rings. The first kappa shape index (κ1) is 29.7. The number of thiophene rings is 1. The molecular weight excluding hydrogens is 645 g/mol. The molecule has 0 saturated carbocycles. The molecule has 11 rings (SSSR count). The topological polar surface area (TPSA) is 0 Å². The van der Waals surface area contributed by atoms with E-state index in [2.05, 4.69) is 184 Å². The Morgan fingerprint density at radius 2 is 0.904 bits per heavy atom. The van der Waals surface area contributed by atoms with Gasteiger partial charge in [-0.2, -0.15) is 0 Å². The van der Waals surface area contributed by atoms with E-state index >= 15 is 0 Å². The van der Waals surface area contributed by atoms with E-state index in [1.807, 2.05) is 11.3 Å². The Kier molecular flexibility index (Phi) is 6.27. The molecule has 0 atom stereocenters. The summed E-state index contributed by atoms with van der Waals surface area (Å²) in [6.45, 7) is 4.78. The maximum Gasteiger partial charge on any atom is 0.0434 e. The van der Waals surface area contributed by atoms with Crippen LogP contribution in [0.5, 0.6) is 0 Å². The quantitative estimate of drug-likeness (QED) is 0.163. The van der Waals surface area contributed by atoms with E-state index < -0.39 is 0 Å². The van der Waals surface area contributed by atoms with Crippen LogP contribution in [0.1, 0.15) is 25.0 Å². The van der Waals surface area contributed by atoms with Crippen molar-refractivity contribution in [2.75, 3.05) is 0 Å². The molecular formula is C51H34S. The lowest BCUT2D eigenvalue weighted by atomic mass is 9.78. The first-order chi connectivity index (χ1) is 25.6. The minimum atomic E-state index is -0.108. The Morgan fingerprint density at radius 1 is 0.365 bits per heavy atom. The van der Waals surface area contributed by atoms with Gasteiger partial charge in [0.25, 0.3) is 0 Å². The lowest BCUT2D eigenvalue weighted by Crippen LogP contribution is -2.16. The van der Waals surface area contributed by atoms with Crippen molar-refractivity contribution >= 4 is 63.8 Å². The maximum absolute atomic E-state index is 2.39. The average Bonchev–Trinajstić information content (AvgIpc) is 3.69. The van der Waals surface area contributed by atoms with Crippen LogP contribution >= 0.6 is 11.3 Å². The molecule has 52 heavy (non-hydrogen) atoms. The van der Waals surface area contributed by atoms with Crippen LogP contribution < -0.4 is 0 Å². The smallest absolute Gasteiger partial charge is 0.0434 e. The largest absolute Gasteiger partial charge is 0.135 e. The zero-order valence-corrected chi connectivity index (χ0v) is 29.9. The van der Waals surface area contributed by atoms with E-state index in [0.717, 1.165) is 0 Å². The minimum Gasteiger partial charge on any atom is -0.135 e. The van der Waals surface area contributed by atoms with Crippen LogP contribution in [-0.2, 0) is 5.41 Å². The number of fused-ring (bicyclic) bond motifs is 10. The molecule has 244 valence electrons. The third-order valence-electron chi connectivity index (χ3n) is 11.7. The normalized spacial score (nSPS) is 13.3. The second kappa shape index (κ2) is 11.0. The maximum atomic E-state index is 2.39. The molecule has 0 radical (unpaired) electrons. The Hall–Kier alpha value is -6.02. The molecule has 0 N–H and O–H groups in total. The van der Waals surface area contributed by atoms with Crippen LogP contribution in [-0.4, -0.2) is 0 Å². The summed E-state index contributed by atoms with van der Waals surface area (Å²) in [5, 5.41) is 10.4. The molecule has 1 aromatic heterocycles. The van der Waals surface area contributed by atoms with Crippen molar-refractivity contribution < 1.29 is 0 Å². The van der Waals surface area contributed by atoms with Crippen molar-refractivity contribution in [2.24, 2.45) is 0 Å². The summed E-state index contributed by atoms with van der Waals surface area (Å²) in [5.74, 6) is 0. The van der Waals surface area contributed by atoms with Crippen molar-refractivity contribution in [2.45, 2.75) is 19.3 Å². The Labute approximate surface area is 307 Å². The molecule has 0 unspecified atom stereocenters.